The second kappa shape index (κ2) is 4.52. The first-order chi connectivity index (χ1) is 8.47. The molecule has 1 aromatic heterocycles. The van der Waals surface area contributed by atoms with Gasteiger partial charge in [0.1, 0.15) is 11.6 Å². The quantitative estimate of drug-likeness (QED) is 0.864. The average molecular weight is 254 g/mol. The molecule has 0 saturated carbocycles. The van der Waals surface area contributed by atoms with Crippen molar-refractivity contribution in [3.05, 3.63) is 42.2 Å². The lowest BCUT2D eigenvalue weighted by atomic mass is 10.1. The Labute approximate surface area is 101 Å². The fourth-order valence-electron chi connectivity index (χ4n) is 1.38. The molecule has 0 fully saturated rings. The van der Waals surface area contributed by atoms with Crippen molar-refractivity contribution in [2.75, 3.05) is 11.1 Å². The highest BCUT2D eigenvalue weighted by molar-refractivity contribution is 5.61. The van der Waals surface area contributed by atoms with Gasteiger partial charge in [-0.05, 0) is 12.1 Å². The molecule has 1 aromatic carbocycles. The van der Waals surface area contributed by atoms with E-state index in [1.807, 2.05) is 0 Å². The van der Waals surface area contributed by atoms with Crippen LogP contribution in [0.5, 0.6) is 0 Å². The lowest BCUT2D eigenvalue weighted by Crippen LogP contribution is -2.09. The van der Waals surface area contributed by atoms with Gasteiger partial charge in [0.15, 0.2) is 0 Å². The largest absolute Gasteiger partial charge is 0.418 e. The highest BCUT2D eigenvalue weighted by Crippen LogP contribution is 2.35. The van der Waals surface area contributed by atoms with E-state index in [9.17, 15) is 13.2 Å². The predicted octanol–water partition coefficient (Wildman–Crippen LogP) is 2.82. The van der Waals surface area contributed by atoms with Gasteiger partial charge in [-0.3, -0.25) is 0 Å². The van der Waals surface area contributed by atoms with Crippen molar-refractivity contribution >= 4 is 17.3 Å². The SMILES string of the molecule is Nc1cnc(Nc2ccccc2C(F)(F)F)cn1. The summed E-state index contributed by atoms with van der Waals surface area (Å²) >= 11 is 0. The third-order valence-corrected chi connectivity index (χ3v) is 2.17. The van der Waals surface area contributed by atoms with Crippen LogP contribution in [0.15, 0.2) is 36.7 Å². The first kappa shape index (κ1) is 12.2. The molecule has 0 bridgehead atoms. The Hall–Kier alpha value is -2.31. The molecule has 0 aliphatic carbocycles. The van der Waals surface area contributed by atoms with Gasteiger partial charge in [-0.25, -0.2) is 9.97 Å². The number of nitrogens with two attached hydrogens (primary N) is 1. The monoisotopic (exact) mass is 254 g/mol. The topological polar surface area (TPSA) is 63.8 Å². The van der Waals surface area contributed by atoms with Gasteiger partial charge >= 0.3 is 6.18 Å². The second-order valence-corrected chi connectivity index (χ2v) is 3.49. The molecule has 7 heteroatoms. The molecule has 18 heavy (non-hydrogen) atoms. The number of nitrogens with zero attached hydrogens (tertiary/aromatic N) is 2. The molecule has 0 spiro atoms. The standard InChI is InChI=1S/C11H9F3N4/c12-11(13,14)7-3-1-2-4-8(7)18-10-6-16-9(15)5-17-10/h1-6H,(H2,15,16)(H,17,18). The Morgan fingerprint density at radius 1 is 1.06 bits per heavy atom. The molecule has 2 aromatic rings. The normalized spacial score (nSPS) is 11.3. The molecule has 4 nitrogen and oxygen atoms in total. The van der Waals surface area contributed by atoms with E-state index in [0.717, 1.165) is 6.07 Å². The number of aromatic nitrogens is 2. The van der Waals surface area contributed by atoms with Gasteiger partial charge in [-0.15, -0.1) is 0 Å². The Balaban J connectivity index is 2.32. The fraction of sp³-hybridized carbons (Fsp3) is 0.0909. The molecule has 0 unspecified atom stereocenters. The summed E-state index contributed by atoms with van der Waals surface area (Å²) in [5.74, 6) is 0.394. The van der Waals surface area contributed by atoms with Gasteiger partial charge in [-0.1, -0.05) is 12.1 Å². The number of halogens is 3. The molecule has 0 radical (unpaired) electrons. The summed E-state index contributed by atoms with van der Waals surface area (Å²) in [6.07, 6.45) is -1.90. The van der Waals surface area contributed by atoms with Gasteiger partial charge in [-0.2, -0.15) is 13.2 Å². The number of benzene rings is 1. The number of para-hydroxylation sites is 1. The molecule has 3 N–H and O–H groups in total. The fourth-order valence-corrected chi connectivity index (χ4v) is 1.38. The summed E-state index contributed by atoms with van der Waals surface area (Å²) in [6, 6.07) is 5.14. The minimum atomic E-state index is -4.43. The van der Waals surface area contributed by atoms with E-state index in [4.69, 9.17) is 5.73 Å². The van der Waals surface area contributed by atoms with Gasteiger partial charge in [0.2, 0.25) is 0 Å². The van der Waals surface area contributed by atoms with Crippen LogP contribution in [0.1, 0.15) is 5.56 Å². The molecule has 0 aliphatic rings. The lowest BCUT2D eigenvalue weighted by Gasteiger charge is -2.13. The number of hydrogen-bond donors (Lipinski definition) is 2. The predicted molar refractivity (Wildman–Crippen MR) is 61.2 cm³/mol. The van der Waals surface area contributed by atoms with Crippen molar-refractivity contribution in [1.82, 2.24) is 9.97 Å². The molecule has 94 valence electrons. The third kappa shape index (κ3) is 2.68. The summed E-state index contributed by atoms with van der Waals surface area (Å²) < 4.78 is 38.2. The highest BCUT2D eigenvalue weighted by Gasteiger charge is 2.33. The van der Waals surface area contributed by atoms with Gasteiger partial charge < -0.3 is 11.1 Å². The summed E-state index contributed by atoms with van der Waals surface area (Å²) in [6.45, 7) is 0. The van der Waals surface area contributed by atoms with Crippen LogP contribution in [-0.4, -0.2) is 9.97 Å². The van der Waals surface area contributed by atoms with Crippen LogP contribution in [0.2, 0.25) is 0 Å². The second-order valence-electron chi connectivity index (χ2n) is 3.49. The summed E-state index contributed by atoms with van der Waals surface area (Å²) in [5.41, 5.74) is 4.50. The number of nitrogens with one attached hydrogen (secondary N) is 1. The minimum Gasteiger partial charge on any atom is -0.382 e. The van der Waals surface area contributed by atoms with Crippen LogP contribution >= 0.6 is 0 Å². The maximum atomic E-state index is 12.7. The van der Waals surface area contributed by atoms with E-state index in [0.29, 0.717) is 0 Å². The molecular formula is C11H9F3N4. The van der Waals surface area contributed by atoms with E-state index in [1.54, 1.807) is 0 Å². The van der Waals surface area contributed by atoms with Gasteiger partial charge in [0, 0.05) is 0 Å². The zero-order chi connectivity index (χ0) is 13.2. The van der Waals surface area contributed by atoms with Crippen LogP contribution in [0.25, 0.3) is 0 Å². The molecule has 0 atom stereocenters. The molecule has 0 saturated heterocycles. The van der Waals surface area contributed by atoms with E-state index in [1.165, 1.54) is 30.6 Å². The van der Waals surface area contributed by atoms with Crippen molar-refractivity contribution in [2.24, 2.45) is 0 Å². The van der Waals surface area contributed by atoms with E-state index >= 15 is 0 Å². The first-order valence-electron chi connectivity index (χ1n) is 4.97. The smallest absolute Gasteiger partial charge is 0.382 e. The highest BCUT2D eigenvalue weighted by atomic mass is 19.4. The van der Waals surface area contributed by atoms with Crippen molar-refractivity contribution in [3.63, 3.8) is 0 Å². The van der Waals surface area contributed by atoms with Crippen molar-refractivity contribution in [3.8, 4) is 0 Å². The Kier molecular flexibility index (Phi) is 3.05. The molecule has 0 amide bonds. The summed E-state index contributed by atoms with van der Waals surface area (Å²) in [5, 5.41) is 2.56. The molecule has 2 rings (SSSR count). The van der Waals surface area contributed by atoms with Gasteiger partial charge in [0.25, 0.3) is 0 Å². The van der Waals surface area contributed by atoms with E-state index in [2.05, 4.69) is 15.3 Å². The number of hydrogen-bond acceptors (Lipinski definition) is 4. The number of anilines is 3. The third-order valence-electron chi connectivity index (χ3n) is 2.17. The lowest BCUT2D eigenvalue weighted by molar-refractivity contribution is -0.136. The Morgan fingerprint density at radius 3 is 2.39 bits per heavy atom. The minimum absolute atomic E-state index is 0.0796. The van der Waals surface area contributed by atoms with Crippen LogP contribution in [0.3, 0.4) is 0 Å². The van der Waals surface area contributed by atoms with E-state index < -0.39 is 11.7 Å². The van der Waals surface area contributed by atoms with Crippen LogP contribution < -0.4 is 11.1 Å². The zero-order valence-electron chi connectivity index (χ0n) is 9.07. The molecule has 1 heterocycles. The molecular weight excluding hydrogens is 245 g/mol. The van der Waals surface area contributed by atoms with Crippen molar-refractivity contribution in [2.45, 2.75) is 6.18 Å². The number of rotatable bonds is 2. The van der Waals surface area contributed by atoms with E-state index in [-0.39, 0.29) is 17.3 Å². The summed E-state index contributed by atoms with van der Waals surface area (Å²) in [4.78, 5) is 7.57. The van der Waals surface area contributed by atoms with Crippen molar-refractivity contribution in [1.29, 1.82) is 0 Å². The Bertz CT molecular complexity index is 537. The Morgan fingerprint density at radius 2 is 1.78 bits per heavy atom. The van der Waals surface area contributed by atoms with Gasteiger partial charge in [0.05, 0.1) is 23.6 Å². The van der Waals surface area contributed by atoms with Crippen LogP contribution in [-0.2, 0) is 6.18 Å². The van der Waals surface area contributed by atoms with Crippen LogP contribution in [0, 0.1) is 0 Å². The van der Waals surface area contributed by atoms with Crippen LogP contribution in [0.4, 0.5) is 30.5 Å². The average Bonchev–Trinajstić information content (AvgIpc) is 2.31. The zero-order valence-corrected chi connectivity index (χ0v) is 9.07. The number of nitrogen functional groups attached to an aromatic ring is 1. The summed E-state index contributed by atoms with van der Waals surface area (Å²) in [7, 11) is 0. The number of alkyl halides is 3. The first-order valence-corrected chi connectivity index (χ1v) is 4.97. The maximum absolute atomic E-state index is 12.7. The molecule has 0 aliphatic heterocycles. The maximum Gasteiger partial charge on any atom is 0.418 e. The van der Waals surface area contributed by atoms with Crippen molar-refractivity contribution < 1.29 is 13.2 Å².